The number of aliphatic hydroxyl groups is 2. The number of rotatable bonds is 30. The molecule has 0 fully saturated rings. The van der Waals surface area contributed by atoms with Gasteiger partial charge in [0.15, 0.2) is 0 Å². The highest BCUT2D eigenvalue weighted by Gasteiger charge is 2.17. The summed E-state index contributed by atoms with van der Waals surface area (Å²) < 4.78 is 0. The maximum atomic E-state index is 12.2. The summed E-state index contributed by atoms with van der Waals surface area (Å²) in [7, 11) is 0. The van der Waals surface area contributed by atoms with Gasteiger partial charge in [-0.25, -0.2) is 0 Å². The van der Waals surface area contributed by atoms with Gasteiger partial charge in [0.1, 0.15) is 0 Å². The quantitative estimate of drug-likeness (QED) is 0.0631. The molecule has 0 aromatic carbocycles. The normalized spacial score (nSPS) is 13.3. The first-order valence-electron chi connectivity index (χ1n) is 16.9. The lowest BCUT2D eigenvalue weighted by Crippen LogP contribution is -2.45. The predicted molar refractivity (Wildman–Crippen MR) is 166 cm³/mol. The standard InChI is InChI=1S/C34H67NO3/c1-3-5-7-9-11-13-15-16-17-18-19-20-21-23-25-27-29-33(37)32(31-36)35-34(38)30-28-26-24-22-14-12-10-8-6-4-2/h27,29,32-33,36-37H,3-26,28,30-31H2,1-2H3,(H,35,38)/b29-27+. The summed E-state index contributed by atoms with van der Waals surface area (Å²) in [4.78, 5) is 12.2. The van der Waals surface area contributed by atoms with Crippen LogP contribution in [0.15, 0.2) is 12.2 Å². The lowest BCUT2D eigenvalue weighted by atomic mass is 10.0. The fourth-order valence-corrected chi connectivity index (χ4v) is 5.12. The molecule has 4 heteroatoms. The first-order chi connectivity index (χ1) is 18.7. The van der Waals surface area contributed by atoms with Crippen LogP contribution in [0.1, 0.15) is 181 Å². The molecule has 0 saturated carbocycles. The molecule has 0 spiro atoms. The van der Waals surface area contributed by atoms with Crippen molar-refractivity contribution in [3.63, 3.8) is 0 Å². The molecule has 2 atom stereocenters. The van der Waals surface area contributed by atoms with E-state index in [0.717, 1.165) is 25.7 Å². The van der Waals surface area contributed by atoms with Crippen LogP contribution in [0.25, 0.3) is 0 Å². The lowest BCUT2D eigenvalue weighted by molar-refractivity contribution is -0.123. The molecule has 1 amide bonds. The molecule has 2 unspecified atom stereocenters. The van der Waals surface area contributed by atoms with E-state index in [2.05, 4.69) is 19.2 Å². The van der Waals surface area contributed by atoms with E-state index in [4.69, 9.17) is 0 Å². The van der Waals surface area contributed by atoms with Crippen molar-refractivity contribution >= 4 is 5.91 Å². The summed E-state index contributed by atoms with van der Waals surface area (Å²) in [5.41, 5.74) is 0. The molecule has 38 heavy (non-hydrogen) atoms. The number of hydrogen-bond acceptors (Lipinski definition) is 3. The topological polar surface area (TPSA) is 69.6 Å². The second kappa shape index (κ2) is 30.7. The highest BCUT2D eigenvalue weighted by Crippen LogP contribution is 2.14. The summed E-state index contributed by atoms with van der Waals surface area (Å²) in [5, 5.41) is 22.8. The fourth-order valence-electron chi connectivity index (χ4n) is 5.12. The third-order valence-corrected chi connectivity index (χ3v) is 7.77. The van der Waals surface area contributed by atoms with Crippen molar-refractivity contribution in [1.29, 1.82) is 0 Å². The van der Waals surface area contributed by atoms with E-state index in [0.29, 0.717) is 6.42 Å². The summed E-state index contributed by atoms with van der Waals surface area (Å²) >= 11 is 0. The van der Waals surface area contributed by atoms with Crippen molar-refractivity contribution in [2.24, 2.45) is 0 Å². The molecule has 0 aliphatic rings. The Bertz CT molecular complexity index is 508. The minimum atomic E-state index is -0.830. The highest BCUT2D eigenvalue weighted by atomic mass is 16.3. The summed E-state index contributed by atoms with van der Waals surface area (Å²) in [6, 6.07) is -0.613. The summed E-state index contributed by atoms with van der Waals surface area (Å²) in [6.07, 6.45) is 35.7. The molecule has 0 aromatic rings. The average molecular weight is 538 g/mol. The van der Waals surface area contributed by atoms with E-state index in [-0.39, 0.29) is 12.5 Å². The molecular formula is C34H67NO3. The molecule has 0 aliphatic carbocycles. The maximum Gasteiger partial charge on any atom is 0.220 e. The Kier molecular flexibility index (Phi) is 30.0. The average Bonchev–Trinajstić information content (AvgIpc) is 2.92. The zero-order valence-corrected chi connectivity index (χ0v) is 25.7. The van der Waals surface area contributed by atoms with Gasteiger partial charge in [0.25, 0.3) is 0 Å². The minimum Gasteiger partial charge on any atom is -0.394 e. The van der Waals surface area contributed by atoms with Gasteiger partial charge >= 0.3 is 0 Å². The fraction of sp³-hybridized carbons (Fsp3) is 0.912. The molecule has 0 aromatic heterocycles. The van der Waals surface area contributed by atoms with Crippen molar-refractivity contribution in [2.45, 2.75) is 193 Å². The molecule has 0 aliphatic heterocycles. The number of hydrogen-bond donors (Lipinski definition) is 3. The number of unbranched alkanes of at least 4 members (excludes halogenated alkanes) is 23. The molecule has 226 valence electrons. The van der Waals surface area contributed by atoms with E-state index in [1.807, 2.05) is 6.08 Å². The van der Waals surface area contributed by atoms with E-state index < -0.39 is 12.1 Å². The van der Waals surface area contributed by atoms with E-state index in [1.165, 1.54) is 135 Å². The highest BCUT2D eigenvalue weighted by molar-refractivity contribution is 5.76. The van der Waals surface area contributed by atoms with Gasteiger partial charge in [-0.15, -0.1) is 0 Å². The van der Waals surface area contributed by atoms with Gasteiger partial charge in [-0.1, -0.05) is 167 Å². The van der Waals surface area contributed by atoms with Crippen molar-refractivity contribution in [3.8, 4) is 0 Å². The van der Waals surface area contributed by atoms with E-state index in [9.17, 15) is 15.0 Å². The van der Waals surface area contributed by atoms with Gasteiger partial charge in [0, 0.05) is 6.42 Å². The number of carbonyl (C=O) groups is 1. The number of aliphatic hydroxyl groups excluding tert-OH is 2. The smallest absolute Gasteiger partial charge is 0.220 e. The molecule has 3 N–H and O–H groups in total. The second-order valence-corrected chi connectivity index (χ2v) is 11.6. The number of amides is 1. The van der Waals surface area contributed by atoms with Gasteiger partial charge < -0.3 is 15.5 Å². The maximum absolute atomic E-state index is 12.2. The van der Waals surface area contributed by atoms with Crippen molar-refractivity contribution < 1.29 is 15.0 Å². The number of allylic oxidation sites excluding steroid dienone is 1. The largest absolute Gasteiger partial charge is 0.394 e. The molecule has 0 saturated heterocycles. The van der Waals surface area contributed by atoms with Crippen LogP contribution in [-0.4, -0.2) is 34.9 Å². The number of nitrogens with one attached hydrogen (secondary N) is 1. The molecular weight excluding hydrogens is 470 g/mol. The summed E-state index contributed by atoms with van der Waals surface area (Å²) in [6.45, 7) is 4.28. The summed E-state index contributed by atoms with van der Waals surface area (Å²) in [5.74, 6) is -0.0666. The zero-order valence-electron chi connectivity index (χ0n) is 25.7. The number of carbonyl (C=O) groups excluding carboxylic acids is 1. The SMILES string of the molecule is CCCCCCCCCCCCCCCC/C=C/C(O)C(CO)NC(=O)CCCCCCCCCCCC. The molecule has 0 radical (unpaired) electrons. The first kappa shape index (κ1) is 37.1. The Hall–Kier alpha value is -0.870. The van der Waals surface area contributed by atoms with Crippen LogP contribution >= 0.6 is 0 Å². The van der Waals surface area contributed by atoms with E-state index >= 15 is 0 Å². The van der Waals surface area contributed by atoms with Crippen LogP contribution in [0.5, 0.6) is 0 Å². The molecule has 0 bridgehead atoms. The Morgan fingerprint density at radius 3 is 1.37 bits per heavy atom. The molecule has 0 heterocycles. The van der Waals surface area contributed by atoms with Crippen LogP contribution in [-0.2, 0) is 4.79 Å². The first-order valence-corrected chi connectivity index (χ1v) is 16.9. The van der Waals surface area contributed by atoms with E-state index in [1.54, 1.807) is 6.08 Å². The second-order valence-electron chi connectivity index (χ2n) is 11.6. The van der Waals surface area contributed by atoms with Gasteiger partial charge in [0.05, 0.1) is 18.8 Å². The van der Waals surface area contributed by atoms with Crippen LogP contribution in [0, 0.1) is 0 Å². The monoisotopic (exact) mass is 538 g/mol. The van der Waals surface area contributed by atoms with Crippen molar-refractivity contribution in [3.05, 3.63) is 12.2 Å². The third-order valence-electron chi connectivity index (χ3n) is 7.77. The lowest BCUT2D eigenvalue weighted by Gasteiger charge is -2.20. The van der Waals surface area contributed by atoms with Crippen molar-refractivity contribution in [1.82, 2.24) is 5.32 Å². The Morgan fingerprint density at radius 1 is 0.605 bits per heavy atom. The van der Waals surface area contributed by atoms with Gasteiger partial charge in [-0.05, 0) is 19.3 Å². The van der Waals surface area contributed by atoms with Gasteiger partial charge in [-0.2, -0.15) is 0 Å². The molecule has 0 rings (SSSR count). The Labute approximate surface area is 237 Å². The van der Waals surface area contributed by atoms with Crippen LogP contribution in [0.3, 0.4) is 0 Å². The van der Waals surface area contributed by atoms with Crippen molar-refractivity contribution in [2.75, 3.05) is 6.61 Å². The van der Waals surface area contributed by atoms with Gasteiger partial charge in [-0.3, -0.25) is 4.79 Å². The zero-order chi connectivity index (χ0) is 27.9. The van der Waals surface area contributed by atoms with Crippen LogP contribution in [0.2, 0.25) is 0 Å². The predicted octanol–water partition coefficient (Wildman–Crippen LogP) is 9.56. The van der Waals surface area contributed by atoms with Crippen LogP contribution in [0.4, 0.5) is 0 Å². The third kappa shape index (κ3) is 26.7. The Balaban J connectivity index is 3.62. The molecule has 4 nitrogen and oxygen atoms in total. The van der Waals surface area contributed by atoms with Crippen LogP contribution < -0.4 is 5.32 Å². The minimum absolute atomic E-state index is 0.0666. The Morgan fingerprint density at radius 2 is 0.974 bits per heavy atom. The van der Waals surface area contributed by atoms with Gasteiger partial charge in [0.2, 0.25) is 5.91 Å².